The third-order valence-electron chi connectivity index (χ3n) is 6.64. The number of nitriles is 1. The minimum Gasteiger partial charge on any atom is -0.379 e. The largest absolute Gasteiger partial charge is 0.379 e. The molecular formula is C29H25ClN6OS2. The van der Waals surface area contributed by atoms with E-state index in [4.69, 9.17) is 16.3 Å². The zero-order valence-electron chi connectivity index (χ0n) is 21.2. The third-order valence-corrected chi connectivity index (χ3v) is 9.14. The molecule has 6 rings (SSSR count). The van der Waals surface area contributed by atoms with Crippen LogP contribution in [-0.4, -0.2) is 45.7 Å². The molecule has 0 spiro atoms. The van der Waals surface area contributed by atoms with E-state index < -0.39 is 0 Å². The Morgan fingerprint density at radius 2 is 2.00 bits per heavy atom. The lowest BCUT2D eigenvalue weighted by Gasteiger charge is -2.25. The number of pyridine rings is 1. The van der Waals surface area contributed by atoms with Crippen molar-refractivity contribution in [2.24, 2.45) is 7.05 Å². The Bertz CT molecular complexity index is 1690. The number of halogens is 1. The van der Waals surface area contributed by atoms with E-state index in [1.165, 1.54) is 22.2 Å². The zero-order chi connectivity index (χ0) is 26.8. The maximum Gasteiger partial charge on any atom is 0.172 e. The number of nitrogens with zero attached hydrogens (tertiary/aromatic N) is 5. The van der Waals surface area contributed by atoms with Crippen molar-refractivity contribution in [3.05, 3.63) is 81.9 Å². The molecule has 1 aliphatic rings. The van der Waals surface area contributed by atoms with Gasteiger partial charge in [-0.05, 0) is 46.8 Å². The molecule has 39 heavy (non-hydrogen) atoms. The van der Waals surface area contributed by atoms with Crippen LogP contribution in [0.3, 0.4) is 0 Å². The first-order valence-electron chi connectivity index (χ1n) is 12.5. The van der Waals surface area contributed by atoms with E-state index in [1.807, 2.05) is 42.1 Å². The smallest absolute Gasteiger partial charge is 0.172 e. The number of fused-ring (bicyclic) bond motifs is 1. The first-order valence-corrected chi connectivity index (χ1v) is 14.6. The Balaban J connectivity index is 1.25. The number of thiophene rings is 1. The highest BCUT2D eigenvalue weighted by atomic mass is 35.5. The van der Waals surface area contributed by atoms with E-state index in [2.05, 4.69) is 49.8 Å². The van der Waals surface area contributed by atoms with Gasteiger partial charge in [-0.25, -0.2) is 4.98 Å². The molecular weight excluding hydrogens is 548 g/mol. The molecule has 0 atom stereocenters. The van der Waals surface area contributed by atoms with Crippen molar-refractivity contribution in [3.8, 4) is 17.2 Å². The summed E-state index contributed by atoms with van der Waals surface area (Å²) < 4.78 is 7.42. The topological polar surface area (TPSA) is 79.0 Å². The SMILES string of the molecule is Cn1ccnc1Sc1ccc(Nc2c(C#N)cnc3cc(-c4csc(CN5CCOCC5)c4)ccc23)cc1Cl. The van der Waals surface area contributed by atoms with Crippen molar-refractivity contribution >= 4 is 57.0 Å². The van der Waals surface area contributed by atoms with Crippen LogP contribution in [0.1, 0.15) is 10.4 Å². The molecule has 0 saturated carbocycles. The van der Waals surface area contributed by atoms with Gasteiger partial charge in [-0.2, -0.15) is 5.26 Å². The fraction of sp³-hybridized carbons (Fsp3) is 0.207. The Kier molecular flexibility index (Phi) is 7.55. The van der Waals surface area contributed by atoms with Gasteiger partial charge in [0.2, 0.25) is 0 Å². The van der Waals surface area contributed by atoms with Gasteiger partial charge in [0, 0.05) is 66.1 Å². The second-order valence-corrected chi connectivity index (χ2v) is 11.7. The van der Waals surface area contributed by atoms with E-state index in [0.29, 0.717) is 16.3 Å². The van der Waals surface area contributed by atoms with Crippen LogP contribution >= 0.6 is 34.7 Å². The molecule has 0 radical (unpaired) electrons. The number of hydrogen-bond acceptors (Lipinski definition) is 8. The fourth-order valence-electron chi connectivity index (χ4n) is 4.54. The maximum absolute atomic E-state index is 9.82. The Labute approximate surface area is 240 Å². The number of morpholine rings is 1. The number of aromatic nitrogens is 3. The van der Waals surface area contributed by atoms with E-state index in [1.54, 1.807) is 23.7 Å². The molecule has 0 amide bonds. The molecule has 1 N–H and O–H groups in total. The number of benzene rings is 2. The van der Waals surface area contributed by atoms with Crippen LogP contribution < -0.4 is 5.32 Å². The van der Waals surface area contributed by atoms with Gasteiger partial charge in [-0.15, -0.1) is 11.3 Å². The van der Waals surface area contributed by atoms with Crippen LogP contribution in [0.2, 0.25) is 5.02 Å². The van der Waals surface area contributed by atoms with Crippen molar-refractivity contribution in [2.45, 2.75) is 16.6 Å². The minimum atomic E-state index is 0.473. The average molecular weight is 573 g/mol. The number of imidazole rings is 1. The molecule has 1 fully saturated rings. The Morgan fingerprint density at radius 1 is 1.13 bits per heavy atom. The fourth-order valence-corrected chi connectivity index (χ4v) is 6.58. The molecule has 196 valence electrons. The molecule has 0 aliphatic carbocycles. The summed E-state index contributed by atoms with van der Waals surface area (Å²) in [5, 5.41) is 17.8. The lowest BCUT2D eigenvalue weighted by atomic mass is 10.0. The Hall–Kier alpha value is -3.39. The van der Waals surface area contributed by atoms with Crippen molar-refractivity contribution in [2.75, 3.05) is 31.6 Å². The van der Waals surface area contributed by atoms with Gasteiger partial charge in [-0.3, -0.25) is 9.88 Å². The standard InChI is InChI=1S/C29H25ClN6OS2/c1-35-7-6-32-29(35)39-27-5-3-22(14-25(27)30)34-28-21(15-31)16-33-26-13-19(2-4-24(26)28)20-12-23(38-18-20)17-36-8-10-37-11-9-36/h2-7,12-14,16,18H,8-11,17H2,1H3,(H,33,34). The number of ether oxygens (including phenoxy) is 1. The first-order chi connectivity index (χ1) is 19.1. The van der Waals surface area contributed by atoms with Crippen molar-refractivity contribution in [1.82, 2.24) is 19.4 Å². The van der Waals surface area contributed by atoms with Gasteiger partial charge in [0.1, 0.15) is 6.07 Å². The van der Waals surface area contributed by atoms with E-state index in [0.717, 1.165) is 65.1 Å². The summed E-state index contributed by atoms with van der Waals surface area (Å²) in [6, 6.07) is 16.5. The summed E-state index contributed by atoms with van der Waals surface area (Å²) in [5.74, 6) is 0. The molecule has 0 unspecified atom stereocenters. The van der Waals surface area contributed by atoms with Crippen molar-refractivity contribution in [1.29, 1.82) is 5.26 Å². The average Bonchev–Trinajstić information content (AvgIpc) is 3.59. The second kappa shape index (κ2) is 11.4. The summed E-state index contributed by atoms with van der Waals surface area (Å²) in [6.45, 7) is 4.50. The molecule has 5 aromatic rings. The van der Waals surface area contributed by atoms with Crippen molar-refractivity contribution < 1.29 is 4.74 Å². The highest BCUT2D eigenvalue weighted by Gasteiger charge is 2.15. The molecule has 4 heterocycles. The monoisotopic (exact) mass is 572 g/mol. The normalized spacial score (nSPS) is 14.0. The maximum atomic E-state index is 9.82. The van der Waals surface area contributed by atoms with Crippen LogP contribution in [0.15, 0.2) is 76.5 Å². The molecule has 10 heteroatoms. The summed E-state index contributed by atoms with van der Waals surface area (Å²) in [7, 11) is 1.95. The lowest BCUT2D eigenvalue weighted by Crippen LogP contribution is -2.35. The van der Waals surface area contributed by atoms with Crippen LogP contribution in [-0.2, 0) is 18.3 Å². The number of aryl methyl sites for hydroxylation is 1. The van der Waals surface area contributed by atoms with Gasteiger partial charge in [-0.1, -0.05) is 35.5 Å². The summed E-state index contributed by atoms with van der Waals surface area (Å²) >= 11 is 9.91. The van der Waals surface area contributed by atoms with E-state index >= 15 is 0 Å². The lowest BCUT2D eigenvalue weighted by molar-refractivity contribution is 0.0346. The van der Waals surface area contributed by atoms with Crippen LogP contribution in [0.5, 0.6) is 0 Å². The van der Waals surface area contributed by atoms with Gasteiger partial charge < -0.3 is 14.6 Å². The highest BCUT2D eigenvalue weighted by Crippen LogP contribution is 2.37. The zero-order valence-corrected chi connectivity index (χ0v) is 23.6. The molecule has 0 bridgehead atoms. The quantitative estimate of drug-likeness (QED) is 0.226. The molecule has 7 nitrogen and oxygen atoms in total. The highest BCUT2D eigenvalue weighted by molar-refractivity contribution is 7.99. The number of nitrogens with one attached hydrogen (secondary N) is 1. The minimum absolute atomic E-state index is 0.473. The first kappa shape index (κ1) is 25.9. The molecule has 1 aliphatic heterocycles. The van der Waals surface area contributed by atoms with E-state index in [-0.39, 0.29) is 0 Å². The summed E-state index contributed by atoms with van der Waals surface area (Å²) in [4.78, 5) is 13.6. The molecule has 1 saturated heterocycles. The van der Waals surface area contributed by atoms with Gasteiger partial charge >= 0.3 is 0 Å². The number of anilines is 2. The van der Waals surface area contributed by atoms with Gasteiger partial charge in [0.15, 0.2) is 5.16 Å². The van der Waals surface area contributed by atoms with E-state index in [9.17, 15) is 5.26 Å². The predicted octanol–water partition coefficient (Wildman–Crippen LogP) is 6.95. The third kappa shape index (κ3) is 5.66. The van der Waals surface area contributed by atoms with Crippen LogP contribution in [0.25, 0.3) is 22.0 Å². The van der Waals surface area contributed by atoms with Crippen molar-refractivity contribution in [3.63, 3.8) is 0 Å². The summed E-state index contributed by atoms with van der Waals surface area (Å²) in [5.41, 5.74) is 5.09. The van der Waals surface area contributed by atoms with Crippen LogP contribution in [0, 0.1) is 11.3 Å². The van der Waals surface area contributed by atoms with Crippen LogP contribution in [0.4, 0.5) is 11.4 Å². The second-order valence-electron chi connectivity index (χ2n) is 9.27. The summed E-state index contributed by atoms with van der Waals surface area (Å²) in [6.07, 6.45) is 5.29. The van der Waals surface area contributed by atoms with Gasteiger partial charge in [0.25, 0.3) is 0 Å². The number of hydrogen-bond donors (Lipinski definition) is 1. The molecule has 3 aromatic heterocycles. The Morgan fingerprint density at radius 3 is 2.77 bits per heavy atom. The van der Waals surface area contributed by atoms with Gasteiger partial charge in [0.05, 0.1) is 35.0 Å². The predicted molar refractivity (Wildman–Crippen MR) is 158 cm³/mol. The molecule has 2 aromatic carbocycles. The number of rotatable bonds is 7.